The molecule has 0 aliphatic carbocycles. The molecular weight excluding hydrogens is 256 g/mol. The molecule has 5 nitrogen and oxygen atoms in total. The maximum Gasteiger partial charge on any atom is 0.335 e. The molecule has 20 heavy (non-hydrogen) atoms. The van der Waals surface area contributed by atoms with E-state index in [1.165, 1.54) is 0 Å². The number of primary amides is 1. The second-order valence-corrected chi connectivity index (χ2v) is 4.27. The van der Waals surface area contributed by atoms with Gasteiger partial charge in [-0.2, -0.15) is 0 Å². The Morgan fingerprint density at radius 2 is 1.70 bits per heavy atom. The van der Waals surface area contributed by atoms with Gasteiger partial charge in [0.1, 0.15) is 0 Å². The Hall–Kier alpha value is -2.82. The Bertz CT molecular complexity index is 636. The Labute approximate surface area is 116 Å². The molecule has 0 fully saturated rings. The molecule has 0 aliphatic rings. The number of aromatic carboxylic acids is 1. The van der Waals surface area contributed by atoms with E-state index in [-0.39, 0.29) is 5.56 Å². The van der Waals surface area contributed by atoms with Crippen LogP contribution < -0.4 is 11.1 Å². The van der Waals surface area contributed by atoms with E-state index in [0.29, 0.717) is 17.8 Å². The number of benzene rings is 2. The largest absolute Gasteiger partial charge is 0.478 e. The molecule has 2 aromatic rings. The van der Waals surface area contributed by atoms with Crippen molar-refractivity contribution in [2.45, 2.75) is 6.54 Å². The molecule has 0 saturated heterocycles. The van der Waals surface area contributed by atoms with Crippen LogP contribution in [0.3, 0.4) is 0 Å². The first kappa shape index (κ1) is 13.6. The van der Waals surface area contributed by atoms with Gasteiger partial charge in [0.2, 0.25) is 0 Å². The van der Waals surface area contributed by atoms with Crippen molar-refractivity contribution in [3.8, 4) is 0 Å². The summed E-state index contributed by atoms with van der Waals surface area (Å²) in [6.45, 7) is 0.476. The predicted molar refractivity (Wildman–Crippen MR) is 75.7 cm³/mol. The molecule has 0 unspecified atom stereocenters. The number of carboxylic acids is 1. The van der Waals surface area contributed by atoms with Gasteiger partial charge >= 0.3 is 5.97 Å². The zero-order chi connectivity index (χ0) is 14.5. The number of hydrogen-bond acceptors (Lipinski definition) is 3. The van der Waals surface area contributed by atoms with Gasteiger partial charge < -0.3 is 16.2 Å². The van der Waals surface area contributed by atoms with Crippen LogP contribution in [0.2, 0.25) is 0 Å². The molecule has 102 valence electrons. The van der Waals surface area contributed by atoms with E-state index in [1.54, 1.807) is 42.5 Å². The highest BCUT2D eigenvalue weighted by Crippen LogP contribution is 2.15. The van der Waals surface area contributed by atoms with Gasteiger partial charge in [-0.1, -0.05) is 24.3 Å². The fourth-order valence-corrected chi connectivity index (χ4v) is 1.81. The lowest BCUT2D eigenvalue weighted by molar-refractivity contribution is 0.0696. The zero-order valence-corrected chi connectivity index (χ0v) is 10.7. The highest BCUT2D eigenvalue weighted by atomic mass is 16.4. The second kappa shape index (κ2) is 5.88. The minimum absolute atomic E-state index is 0.242. The smallest absolute Gasteiger partial charge is 0.335 e. The summed E-state index contributed by atoms with van der Waals surface area (Å²) in [6, 6.07) is 13.5. The molecule has 0 heterocycles. The molecule has 0 bridgehead atoms. The summed E-state index contributed by atoms with van der Waals surface area (Å²) in [5, 5.41) is 11.9. The molecule has 4 N–H and O–H groups in total. The van der Waals surface area contributed by atoms with Crippen LogP contribution in [0.4, 0.5) is 5.69 Å². The van der Waals surface area contributed by atoms with Gasteiger partial charge in [0.25, 0.3) is 5.91 Å². The topological polar surface area (TPSA) is 92.4 Å². The first-order chi connectivity index (χ1) is 9.58. The summed E-state index contributed by atoms with van der Waals surface area (Å²) in [6.07, 6.45) is 0. The van der Waals surface area contributed by atoms with Crippen LogP contribution in [-0.2, 0) is 6.54 Å². The van der Waals surface area contributed by atoms with E-state index in [9.17, 15) is 9.59 Å². The Kier molecular flexibility index (Phi) is 4.00. The third kappa shape index (κ3) is 3.14. The number of nitrogens with one attached hydrogen (secondary N) is 1. The lowest BCUT2D eigenvalue weighted by atomic mass is 10.1. The highest BCUT2D eigenvalue weighted by molar-refractivity contribution is 5.98. The molecule has 5 heteroatoms. The van der Waals surface area contributed by atoms with Crippen LogP contribution in [0.15, 0.2) is 48.5 Å². The molecule has 0 aliphatic heterocycles. The number of carbonyl (C=O) groups excluding carboxylic acids is 1. The second-order valence-electron chi connectivity index (χ2n) is 4.27. The van der Waals surface area contributed by atoms with Gasteiger partial charge in [-0.25, -0.2) is 4.79 Å². The number of para-hydroxylation sites is 1. The highest BCUT2D eigenvalue weighted by Gasteiger charge is 2.07. The van der Waals surface area contributed by atoms with E-state index < -0.39 is 11.9 Å². The average molecular weight is 270 g/mol. The van der Waals surface area contributed by atoms with E-state index in [2.05, 4.69) is 5.32 Å². The molecular formula is C15H14N2O3. The van der Waals surface area contributed by atoms with E-state index in [4.69, 9.17) is 10.8 Å². The van der Waals surface area contributed by atoms with Gasteiger partial charge in [-0.15, -0.1) is 0 Å². The lowest BCUT2D eigenvalue weighted by Crippen LogP contribution is -2.14. The number of anilines is 1. The summed E-state index contributed by atoms with van der Waals surface area (Å²) in [4.78, 5) is 22.0. The third-order valence-corrected chi connectivity index (χ3v) is 2.88. The van der Waals surface area contributed by atoms with Crippen LogP contribution in [0.1, 0.15) is 26.3 Å². The molecule has 0 aromatic heterocycles. The Balaban J connectivity index is 2.09. The average Bonchev–Trinajstić information content (AvgIpc) is 2.45. The molecule has 2 rings (SSSR count). The van der Waals surface area contributed by atoms with E-state index in [0.717, 1.165) is 5.56 Å². The standard InChI is InChI=1S/C15H14N2O3/c16-14(18)12-3-1-2-4-13(12)17-9-10-5-7-11(8-6-10)15(19)20/h1-8,17H,9H2,(H2,16,18)(H,19,20). The first-order valence-corrected chi connectivity index (χ1v) is 6.03. The monoisotopic (exact) mass is 270 g/mol. The van der Waals surface area contributed by atoms with Crippen LogP contribution in [0, 0.1) is 0 Å². The minimum atomic E-state index is -0.955. The quantitative estimate of drug-likeness (QED) is 0.775. The zero-order valence-electron chi connectivity index (χ0n) is 10.7. The van der Waals surface area contributed by atoms with Crippen molar-refractivity contribution in [1.29, 1.82) is 0 Å². The third-order valence-electron chi connectivity index (χ3n) is 2.88. The van der Waals surface area contributed by atoms with E-state index >= 15 is 0 Å². The summed E-state index contributed by atoms with van der Waals surface area (Å²) in [7, 11) is 0. The van der Waals surface area contributed by atoms with Gasteiger partial charge in [-0.3, -0.25) is 4.79 Å². The fraction of sp³-hybridized carbons (Fsp3) is 0.0667. The van der Waals surface area contributed by atoms with Crippen molar-refractivity contribution in [2.75, 3.05) is 5.32 Å². The number of rotatable bonds is 5. The summed E-state index contributed by atoms with van der Waals surface area (Å²) < 4.78 is 0. The number of carboxylic acid groups (broad SMARTS) is 1. The van der Waals surface area contributed by atoms with Crippen molar-refractivity contribution in [1.82, 2.24) is 0 Å². The summed E-state index contributed by atoms with van der Waals surface area (Å²) in [5.74, 6) is -1.45. The Morgan fingerprint density at radius 1 is 1.05 bits per heavy atom. The van der Waals surface area contributed by atoms with Crippen LogP contribution in [-0.4, -0.2) is 17.0 Å². The minimum Gasteiger partial charge on any atom is -0.478 e. The number of carbonyl (C=O) groups is 2. The van der Waals surface area contributed by atoms with E-state index in [1.807, 2.05) is 6.07 Å². The van der Waals surface area contributed by atoms with Gasteiger partial charge in [0.05, 0.1) is 11.1 Å². The summed E-state index contributed by atoms with van der Waals surface area (Å²) >= 11 is 0. The lowest BCUT2D eigenvalue weighted by Gasteiger charge is -2.10. The molecule has 0 radical (unpaired) electrons. The molecule has 1 amide bonds. The number of amides is 1. The van der Waals surface area contributed by atoms with Crippen molar-refractivity contribution < 1.29 is 14.7 Å². The maximum atomic E-state index is 11.3. The van der Waals surface area contributed by atoms with Crippen LogP contribution in [0.25, 0.3) is 0 Å². The molecule has 0 spiro atoms. The predicted octanol–water partition coefficient (Wildman–Crippen LogP) is 2.10. The molecule has 0 saturated carbocycles. The van der Waals surface area contributed by atoms with Crippen LogP contribution in [0.5, 0.6) is 0 Å². The SMILES string of the molecule is NC(=O)c1ccccc1NCc1ccc(C(=O)O)cc1. The molecule has 2 aromatic carbocycles. The van der Waals surface area contributed by atoms with Gasteiger partial charge in [0, 0.05) is 12.2 Å². The first-order valence-electron chi connectivity index (χ1n) is 6.03. The van der Waals surface area contributed by atoms with Gasteiger partial charge in [-0.05, 0) is 29.8 Å². The fourth-order valence-electron chi connectivity index (χ4n) is 1.81. The Morgan fingerprint density at radius 3 is 2.30 bits per heavy atom. The number of hydrogen-bond donors (Lipinski definition) is 3. The van der Waals surface area contributed by atoms with Gasteiger partial charge in [0.15, 0.2) is 0 Å². The maximum absolute atomic E-state index is 11.3. The van der Waals surface area contributed by atoms with Crippen molar-refractivity contribution in [3.63, 3.8) is 0 Å². The normalized spacial score (nSPS) is 10.0. The van der Waals surface area contributed by atoms with Crippen molar-refractivity contribution >= 4 is 17.6 Å². The molecule has 0 atom stereocenters. The van der Waals surface area contributed by atoms with Crippen molar-refractivity contribution in [2.24, 2.45) is 5.73 Å². The van der Waals surface area contributed by atoms with Crippen LogP contribution >= 0.6 is 0 Å². The number of nitrogens with two attached hydrogens (primary N) is 1. The summed E-state index contributed by atoms with van der Waals surface area (Å²) in [5.41, 5.74) is 7.53. The van der Waals surface area contributed by atoms with Crippen molar-refractivity contribution in [3.05, 3.63) is 65.2 Å².